The van der Waals surface area contributed by atoms with Crippen LogP contribution in [0, 0.1) is 18.3 Å². The van der Waals surface area contributed by atoms with Gasteiger partial charge in [0.2, 0.25) is 5.91 Å². The molecular formula is C21H21N5O. The Morgan fingerprint density at radius 2 is 2.11 bits per heavy atom. The Bertz CT molecular complexity index is 1050. The number of carbonyl (C=O) groups excluding carboxylic acids is 1. The van der Waals surface area contributed by atoms with Gasteiger partial charge in [-0.1, -0.05) is 12.1 Å². The maximum atomic E-state index is 12.8. The predicted octanol–water partition coefficient (Wildman–Crippen LogP) is 2.75. The number of nitrogens with zero attached hydrogens (tertiary/aromatic N) is 5. The monoisotopic (exact) mass is 359 g/mol. The Morgan fingerprint density at radius 3 is 2.93 bits per heavy atom. The van der Waals surface area contributed by atoms with E-state index in [0.29, 0.717) is 30.9 Å². The number of pyridine rings is 1. The number of hydrogen-bond donors (Lipinski definition) is 0. The summed E-state index contributed by atoms with van der Waals surface area (Å²) in [7, 11) is 0. The van der Waals surface area contributed by atoms with Gasteiger partial charge in [0, 0.05) is 31.5 Å². The van der Waals surface area contributed by atoms with Crippen LogP contribution in [0.5, 0.6) is 0 Å². The molecule has 1 amide bonds. The fourth-order valence-electron chi connectivity index (χ4n) is 3.56. The lowest BCUT2D eigenvalue weighted by molar-refractivity contribution is -0.122. The molecule has 0 radical (unpaired) electrons. The number of amides is 1. The van der Waals surface area contributed by atoms with Gasteiger partial charge in [0.25, 0.3) is 0 Å². The molecule has 6 heteroatoms. The van der Waals surface area contributed by atoms with Gasteiger partial charge in [-0.25, -0.2) is 4.98 Å². The first-order valence-corrected chi connectivity index (χ1v) is 9.03. The number of aryl methyl sites for hydroxylation is 1. The van der Waals surface area contributed by atoms with Gasteiger partial charge < -0.3 is 9.30 Å². The minimum absolute atomic E-state index is 0.00964. The molecule has 0 aliphatic carbocycles. The van der Waals surface area contributed by atoms with Crippen molar-refractivity contribution in [3.05, 3.63) is 65.6 Å². The van der Waals surface area contributed by atoms with Gasteiger partial charge in [-0.15, -0.1) is 0 Å². The molecule has 3 aromatic rings. The van der Waals surface area contributed by atoms with E-state index in [1.54, 1.807) is 11.0 Å². The number of piperazine rings is 1. The van der Waals surface area contributed by atoms with Crippen LogP contribution < -0.4 is 4.90 Å². The van der Waals surface area contributed by atoms with Crippen molar-refractivity contribution >= 4 is 17.2 Å². The summed E-state index contributed by atoms with van der Waals surface area (Å²) in [6, 6.07) is 13.7. The van der Waals surface area contributed by atoms with Crippen molar-refractivity contribution in [1.82, 2.24) is 14.3 Å². The van der Waals surface area contributed by atoms with Gasteiger partial charge in [0.15, 0.2) is 0 Å². The third kappa shape index (κ3) is 3.29. The van der Waals surface area contributed by atoms with Crippen LogP contribution >= 0.6 is 0 Å². The highest BCUT2D eigenvalue weighted by molar-refractivity contribution is 5.96. The van der Waals surface area contributed by atoms with Crippen molar-refractivity contribution in [3.8, 4) is 6.07 Å². The zero-order valence-electron chi connectivity index (χ0n) is 15.5. The molecule has 4 rings (SSSR count). The Labute approximate surface area is 158 Å². The second-order valence-corrected chi connectivity index (χ2v) is 7.09. The summed E-state index contributed by atoms with van der Waals surface area (Å²) in [6.45, 7) is 5.65. The second-order valence-electron chi connectivity index (χ2n) is 7.09. The highest BCUT2D eigenvalue weighted by atomic mass is 16.2. The van der Waals surface area contributed by atoms with Crippen molar-refractivity contribution in [2.75, 3.05) is 18.0 Å². The normalized spacial score (nSPS) is 18.0. The third-order valence-corrected chi connectivity index (χ3v) is 5.06. The first-order chi connectivity index (χ1) is 13.0. The number of aromatic nitrogens is 2. The Hall–Kier alpha value is -3.17. The topological polar surface area (TPSA) is 64.6 Å². The summed E-state index contributed by atoms with van der Waals surface area (Å²) in [5, 5.41) is 9.33. The third-order valence-electron chi connectivity index (χ3n) is 5.06. The van der Waals surface area contributed by atoms with Crippen LogP contribution in [0.1, 0.15) is 23.7 Å². The van der Waals surface area contributed by atoms with E-state index in [1.807, 2.05) is 41.9 Å². The van der Waals surface area contributed by atoms with Crippen LogP contribution in [0.2, 0.25) is 0 Å². The molecule has 136 valence electrons. The zero-order chi connectivity index (χ0) is 19.0. The Balaban J connectivity index is 1.53. The van der Waals surface area contributed by atoms with Crippen molar-refractivity contribution in [2.45, 2.75) is 26.4 Å². The summed E-state index contributed by atoms with van der Waals surface area (Å²) in [5.41, 5.74) is 4.27. The van der Waals surface area contributed by atoms with E-state index in [0.717, 1.165) is 11.3 Å². The number of rotatable bonds is 3. The van der Waals surface area contributed by atoms with Gasteiger partial charge >= 0.3 is 0 Å². The number of fused-ring (bicyclic) bond motifs is 1. The predicted molar refractivity (Wildman–Crippen MR) is 103 cm³/mol. The molecule has 0 bridgehead atoms. The van der Waals surface area contributed by atoms with E-state index in [1.165, 1.54) is 5.56 Å². The molecule has 0 saturated carbocycles. The lowest BCUT2D eigenvalue weighted by atomic mass is 10.1. The van der Waals surface area contributed by atoms with Crippen LogP contribution in [0.25, 0.3) is 5.65 Å². The average molecular weight is 359 g/mol. The molecule has 1 aromatic carbocycles. The van der Waals surface area contributed by atoms with Gasteiger partial charge in [0.05, 0.1) is 23.5 Å². The number of carbonyl (C=O) groups is 1. The van der Waals surface area contributed by atoms with Crippen LogP contribution in [0.15, 0.2) is 48.8 Å². The fraction of sp³-hybridized carbons (Fsp3) is 0.286. The molecule has 1 aliphatic rings. The second kappa shape index (κ2) is 6.86. The average Bonchev–Trinajstić information content (AvgIpc) is 3.05. The molecule has 0 N–H and O–H groups in total. The Kier molecular flexibility index (Phi) is 4.38. The van der Waals surface area contributed by atoms with Crippen LogP contribution in [0.3, 0.4) is 0 Å². The number of para-hydroxylation sites is 1. The standard InChI is InChI=1S/C21H21N5O/c1-15-7-8-24-12-18(23-20(24)9-15)13-25-14-21(27)26(11-16(25)2)19-6-4-3-5-17(19)10-22/h3-9,12,16H,11,13-14H2,1-2H3. The fourth-order valence-corrected chi connectivity index (χ4v) is 3.56. The summed E-state index contributed by atoms with van der Waals surface area (Å²) in [6.07, 6.45) is 4.02. The number of anilines is 1. The van der Waals surface area contributed by atoms with Crippen molar-refractivity contribution in [2.24, 2.45) is 0 Å². The first kappa shape index (κ1) is 17.3. The number of nitriles is 1. The molecule has 27 heavy (non-hydrogen) atoms. The quantitative estimate of drug-likeness (QED) is 0.721. The highest BCUT2D eigenvalue weighted by Gasteiger charge is 2.31. The zero-order valence-corrected chi connectivity index (χ0v) is 15.5. The molecule has 0 spiro atoms. The molecular weight excluding hydrogens is 338 g/mol. The van der Waals surface area contributed by atoms with Crippen molar-refractivity contribution in [1.29, 1.82) is 5.26 Å². The van der Waals surface area contributed by atoms with E-state index in [-0.39, 0.29) is 11.9 Å². The smallest absolute Gasteiger partial charge is 0.241 e. The Morgan fingerprint density at radius 1 is 1.30 bits per heavy atom. The van der Waals surface area contributed by atoms with Crippen LogP contribution in [-0.2, 0) is 11.3 Å². The lowest BCUT2D eigenvalue weighted by Crippen LogP contribution is -2.55. The maximum absolute atomic E-state index is 12.8. The van der Waals surface area contributed by atoms with Crippen LogP contribution in [0.4, 0.5) is 5.69 Å². The minimum Gasteiger partial charge on any atom is -0.308 e. The minimum atomic E-state index is 0.00964. The summed E-state index contributed by atoms with van der Waals surface area (Å²) < 4.78 is 2.01. The van der Waals surface area contributed by atoms with Gasteiger partial charge in [-0.2, -0.15) is 5.26 Å². The number of benzene rings is 1. The van der Waals surface area contributed by atoms with Crippen molar-refractivity contribution < 1.29 is 4.79 Å². The molecule has 1 atom stereocenters. The molecule has 3 heterocycles. The molecule has 6 nitrogen and oxygen atoms in total. The number of hydrogen-bond acceptors (Lipinski definition) is 4. The van der Waals surface area contributed by atoms with E-state index in [2.05, 4.69) is 35.0 Å². The molecule has 2 aromatic heterocycles. The SMILES string of the molecule is Cc1ccn2cc(CN3CC(=O)N(c4ccccc4C#N)CC3C)nc2c1. The summed E-state index contributed by atoms with van der Waals surface area (Å²) in [5.74, 6) is 0.00964. The van der Waals surface area contributed by atoms with Gasteiger partial charge in [-0.05, 0) is 43.7 Å². The largest absolute Gasteiger partial charge is 0.308 e. The van der Waals surface area contributed by atoms with E-state index in [9.17, 15) is 10.1 Å². The summed E-state index contributed by atoms with van der Waals surface area (Å²) in [4.78, 5) is 21.3. The van der Waals surface area contributed by atoms with Crippen molar-refractivity contribution in [3.63, 3.8) is 0 Å². The maximum Gasteiger partial charge on any atom is 0.241 e. The van der Waals surface area contributed by atoms with E-state index >= 15 is 0 Å². The summed E-state index contributed by atoms with van der Waals surface area (Å²) >= 11 is 0. The lowest BCUT2D eigenvalue weighted by Gasteiger charge is -2.39. The molecule has 1 unspecified atom stereocenters. The molecule has 1 aliphatic heterocycles. The van der Waals surface area contributed by atoms with Crippen LogP contribution in [-0.4, -0.2) is 39.3 Å². The van der Waals surface area contributed by atoms with Gasteiger partial charge in [-0.3, -0.25) is 9.69 Å². The van der Waals surface area contributed by atoms with E-state index in [4.69, 9.17) is 0 Å². The number of imidazole rings is 1. The highest BCUT2D eigenvalue weighted by Crippen LogP contribution is 2.24. The van der Waals surface area contributed by atoms with E-state index < -0.39 is 0 Å². The first-order valence-electron chi connectivity index (χ1n) is 9.03. The molecule has 1 fully saturated rings. The molecule has 1 saturated heterocycles. The van der Waals surface area contributed by atoms with Gasteiger partial charge in [0.1, 0.15) is 11.7 Å².